The van der Waals surface area contributed by atoms with Gasteiger partial charge < -0.3 is 14.6 Å². The monoisotopic (exact) mass is 612 g/mol. The van der Waals surface area contributed by atoms with Gasteiger partial charge in [-0.05, 0) is 56.4 Å². The van der Waals surface area contributed by atoms with E-state index in [1.54, 1.807) is 18.9 Å². The van der Waals surface area contributed by atoms with Gasteiger partial charge in [0.15, 0.2) is 0 Å². The van der Waals surface area contributed by atoms with Crippen LogP contribution in [0.3, 0.4) is 0 Å². The van der Waals surface area contributed by atoms with Crippen LogP contribution in [-0.2, 0) is 36.5 Å². The van der Waals surface area contributed by atoms with Crippen molar-refractivity contribution in [2.24, 2.45) is 0 Å². The quantitative estimate of drug-likeness (QED) is 0.131. The first-order chi connectivity index (χ1) is 20.2. The van der Waals surface area contributed by atoms with Crippen LogP contribution in [0.4, 0.5) is 4.39 Å². The third kappa shape index (κ3) is 13.1. The molecule has 42 heavy (non-hydrogen) atoms. The number of halogens is 2. The van der Waals surface area contributed by atoms with E-state index in [1.165, 1.54) is 11.1 Å². The number of carbonyl (C=O) groups excluding carboxylic acids is 1. The van der Waals surface area contributed by atoms with E-state index in [2.05, 4.69) is 64.4 Å². The van der Waals surface area contributed by atoms with Crippen LogP contribution in [0.1, 0.15) is 55.9 Å². The molecule has 226 valence electrons. The molecule has 6 nitrogen and oxygen atoms in total. The number of methoxy groups -OCH3 is 1. The molecule has 2 aromatic carbocycles. The van der Waals surface area contributed by atoms with Gasteiger partial charge in [0.1, 0.15) is 23.2 Å². The lowest BCUT2D eigenvalue weighted by Gasteiger charge is -2.11. The lowest BCUT2D eigenvalue weighted by atomic mass is 10.1. The topological polar surface area (TPSA) is 69.0 Å². The molecule has 1 amide bonds. The summed E-state index contributed by atoms with van der Waals surface area (Å²) in [5, 5.41) is 12.9. The van der Waals surface area contributed by atoms with Gasteiger partial charge in [0, 0.05) is 42.3 Å². The van der Waals surface area contributed by atoms with Crippen molar-refractivity contribution in [2.75, 3.05) is 12.9 Å². The van der Waals surface area contributed by atoms with E-state index in [-0.39, 0.29) is 5.91 Å². The number of hydrogen-bond donors (Lipinski definition) is 1. The highest BCUT2D eigenvalue weighted by Crippen LogP contribution is 2.20. The number of unbranched alkanes of at least 4 members (excludes halogenated alkanes) is 1. The molecule has 0 saturated heterocycles. The van der Waals surface area contributed by atoms with Crippen molar-refractivity contribution in [1.82, 2.24) is 20.1 Å². The van der Waals surface area contributed by atoms with E-state index < -0.39 is 5.83 Å². The lowest BCUT2D eigenvalue weighted by molar-refractivity contribution is -0.121. The molecule has 1 aromatic heterocycles. The number of aromatic nitrogens is 3. The van der Waals surface area contributed by atoms with Crippen LogP contribution in [0.5, 0.6) is 5.75 Å². The van der Waals surface area contributed by atoms with Gasteiger partial charge in [0.2, 0.25) is 5.91 Å². The predicted octanol–water partition coefficient (Wildman–Crippen LogP) is 7.98. The van der Waals surface area contributed by atoms with Crippen LogP contribution in [0.2, 0.25) is 0 Å². The van der Waals surface area contributed by atoms with Crippen molar-refractivity contribution in [2.45, 2.75) is 64.8 Å². The third-order valence-corrected chi connectivity index (χ3v) is 7.88. The summed E-state index contributed by atoms with van der Waals surface area (Å²) in [5.41, 5.74) is 3.46. The van der Waals surface area contributed by atoms with Gasteiger partial charge in [-0.3, -0.25) is 4.79 Å². The molecule has 0 unspecified atom stereocenters. The van der Waals surface area contributed by atoms with Crippen molar-refractivity contribution >= 4 is 29.3 Å². The molecule has 0 saturated carbocycles. The van der Waals surface area contributed by atoms with Crippen LogP contribution in [0, 0.1) is 0 Å². The molecular formula is C33H42ClFN4O2S. The summed E-state index contributed by atoms with van der Waals surface area (Å²) in [6.07, 6.45) is 4.94. The number of ether oxygens (including phenoxy) is 1. The predicted molar refractivity (Wildman–Crippen MR) is 173 cm³/mol. The number of benzene rings is 2. The van der Waals surface area contributed by atoms with E-state index in [4.69, 9.17) is 16.3 Å². The first-order valence-electron chi connectivity index (χ1n) is 13.9. The molecular weight excluding hydrogens is 571 g/mol. The molecule has 0 bridgehead atoms. The fourth-order valence-electron chi connectivity index (χ4n) is 3.90. The Kier molecular flexibility index (Phi) is 16.3. The SMILES string of the molecule is C=CC(=C)F.COc1ccccc1CNC(=O)CCCCc1nnc(CSC/C(C)=C(/C)Cl)n1CCc1ccccc1. The van der Waals surface area contributed by atoms with Gasteiger partial charge in [0.05, 0.1) is 12.9 Å². The van der Waals surface area contributed by atoms with Crippen molar-refractivity contribution in [3.8, 4) is 5.75 Å². The standard InChI is InChI=1S/C29H37ClN4O2S.C4H5F/c1-22(23(2)30)20-37-21-28-33-32-27(34(28)18-17-24-11-5-4-6-12-24)15-9-10-16-29(35)31-19-25-13-7-8-14-26(25)36-3;1-3-4(2)5/h4-8,11-14H,9-10,15-21H2,1-3H3,(H,31,35);3H,1-2H2/b23-22-;. The molecule has 0 fully saturated rings. The van der Waals surface area contributed by atoms with Crippen molar-refractivity contribution in [3.63, 3.8) is 0 Å². The Morgan fingerprint density at radius 1 is 1.07 bits per heavy atom. The smallest absolute Gasteiger partial charge is 0.220 e. The molecule has 0 aliphatic heterocycles. The summed E-state index contributed by atoms with van der Waals surface area (Å²) < 4.78 is 18.7. The van der Waals surface area contributed by atoms with Crippen molar-refractivity contribution < 1.29 is 13.9 Å². The van der Waals surface area contributed by atoms with E-state index in [0.717, 1.165) is 77.8 Å². The molecule has 0 aliphatic rings. The fraction of sp³-hybridized carbons (Fsp3) is 0.364. The van der Waals surface area contributed by atoms with Crippen LogP contribution < -0.4 is 10.1 Å². The summed E-state index contributed by atoms with van der Waals surface area (Å²) in [4.78, 5) is 12.4. The molecule has 3 aromatic rings. The maximum absolute atomic E-state index is 12.4. The number of nitrogens with one attached hydrogen (secondary N) is 1. The summed E-state index contributed by atoms with van der Waals surface area (Å²) in [6, 6.07) is 18.2. The Balaban J connectivity index is 0.00000113. The number of rotatable bonds is 16. The second kappa shape index (κ2) is 19.7. The van der Waals surface area contributed by atoms with Gasteiger partial charge in [0.25, 0.3) is 0 Å². The zero-order valence-corrected chi connectivity index (χ0v) is 26.4. The Hall–Kier alpha value is -3.36. The zero-order chi connectivity index (χ0) is 30.7. The van der Waals surface area contributed by atoms with Crippen LogP contribution >= 0.6 is 23.4 Å². The van der Waals surface area contributed by atoms with E-state index in [9.17, 15) is 9.18 Å². The number of allylic oxidation sites excluding steroid dienone is 3. The molecule has 0 aliphatic carbocycles. The number of hydrogen-bond acceptors (Lipinski definition) is 5. The second-order valence-electron chi connectivity index (χ2n) is 9.67. The van der Waals surface area contributed by atoms with Crippen LogP contribution in [0.15, 0.2) is 90.3 Å². The number of carbonyl (C=O) groups is 1. The highest BCUT2D eigenvalue weighted by atomic mass is 35.5. The average Bonchev–Trinajstić information content (AvgIpc) is 3.39. The number of nitrogens with zero attached hydrogens (tertiary/aromatic N) is 3. The van der Waals surface area contributed by atoms with Gasteiger partial charge in [-0.15, -0.1) is 22.0 Å². The number of aryl methyl sites for hydroxylation is 2. The Morgan fingerprint density at radius 2 is 1.74 bits per heavy atom. The average molecular weight is 613 g/mol. The van der Waals surface area contributed by atoms with Crippen molar-refractivity contribution in [1.29, 1.82) is 0 Å². The number of thioether (sulfide) groups is 1. The summed E-state index contributed by atoms with van der Waals surface area (Å²) in [7, 11) is 1.64. The summed E-state index contributed by atoms with van der Waals surface area (Å²) in [6.45, 7) is 11.3. The van der Waals surface area contributed by atoms with Gasteiger partial charge in [-0.25, -0.2) is 4.39 Å². The minimum absolute atomic E-state index is 0.0477. The maximum Gasteiger partial charge on any atom is 0.220 e. The first-order valence-corrected chi connectivity index (χ1v) is 15.5. The third-order valence-electron chi connectivity index (χ3n) is 6.45. The highest BCUT2D eigenvalue weighted by molar-refractivity contribution is 7.98. The first kappa shape index (κ1) is 34.8. The van der Waals surface area contributed by atoms with Gasteiger partial charge >= 0.3 is 0 Å². The number of amides is 1. The zero-order valence-electron chi connectivity index (χ0n) is 24.9. The second-order valence-corrected chi connectivity index (χ2v) is 11.2. The highest BCUT2D eigenvalue weighted by Gasteiger charge is 2.13. The fourth-order valence-corrected chi connectivity index (χ4v) is 5.07. The van der Waals surface area contributed by atoms with Gasteiger partial charge in [-0.2, -0.15) is 0 Å². The van der Waals surface area contributed by atoms with Crippen LogP contribution in [-0.4, -0.2) is 33.5 Å². The van der Waals surface area contributed by atoms with E-state index in [1.807, 2.05) is 37.3 Å². The Bertz CT molecular complexity index is 1310. The van der Waals surface area contributed by atoms with E-state index >= 15 is 0 Å². The molecule has 0 atom stereocenters. The van der Waals surface area contributed by atoms with Gasteiger partial charge in [-0.1, -0.05) is 73.3 Å². The molecule has 0 radical (unpaired) electrons. The van der Waals surface area contributed by atoms with E-state index in [0.29, 0.717) is 13.0 Å². The molecule has 1 heterocycles. The summed E-state index contributed by atoms with van der Waals surface area (Å²) >= 11 is 7.92. The molecule has 9 heteroatoms. The van der Waals surface area contributed by atoms with Crippen LogP contribution in [0.25, 0.3) is 0 Å². The Labute approximate surface area is 259 Å². The number of para-hydroxylation sites is 1. The summed E-state index contributed by atoms with van der Waals surface area (Å²) in [5.74, 6) is 3.99. The maximum atomic E-state index is 12.4. The molecule has 3 rings (SSSR count). The normalized spacial score (nSPS) is 11.2. The molecule has 0 spiro atoms. The minimum atomic E-state index is -0.481. The minimum Gasteiger partial charge on any atom is -0.496 e. The van der Waals surface area contributed by atoms with Crippen molar-refractivity contribution in [3.05, 3.63) is 113 Å². The Morgan fingerprint density at radius 3 is 2.40 bits per heavy atom. The molecule has 1 N–H and O–H groups in total. The largest absolute Gasteiger partial charge is 0.496 e. The lowest BCUT2D eigenvalue weighted by Crippen LogP contribution is -2.22.